The number of aromatic nitrogens is 3. The first kappa shape index (κ1) is 23.7. The first-order valence-corrected chi connectivity index (χ1v) is 14.8. The lowest BCUT2D eigenvalue weighted by Crippen LogP contribution is -3.15. The molecule has 0 spiro atoms. The highest BCUT2D eigenvalue weighted by molar-refractivity contribution is 7.26. The van der Waals surface area contributed by atoms with E-state index < -0.39 is 0 Å². The average molecular weight is 521 g/mol. The van der Waals surface area contributed by atoms with E-state index in [9.17, 15) is 0 Å². The molecule has 6 heteroatoms. The summed E-state index contributed by atoms with van der Waals surface area (Å²) in [5, 5.41) is 1.29. The first-order valence-electron chi connectivity index (χ1n) is 14.0. The van der Waals surface area contributed by atoms with Crippen molar-refractivity contribution in [3.8, 4) is 0 Å². The molecule has 0 unspecified atom stereocenters. The smallest absolute Gasteiger partial charge is 0.150 e. The largest absolute Gasteiger partial charge is 0.344 e. The first-order chi connectivity index (χ1) is 18.7. The molecule has 2 aliphatic rings. The Hall–Kier alpha value is -3.35. The van der Waals surface area contributed by atoms with Crippen LogP contribution in [0.2, 0.25) is 0 Å². The monoisotopic (exact) mass is 520 g/mol. The molecular formula is C32H34N5S+. The number of piperazine rings is 1. The van der Waals surface area contributed by atoms with E-state index in [-0.39, 0.29) is 0 Å². The minimum atomic E-state index is 0.343. The van der Waals surface area contributed by atoms with Crippen LogP contribution >= 0.6 is 11.3 Å². The lowest BCUT2D eigenvalue weighted by molar-refractivity contribution is -0.926. The van der Waals surface area contributed by atoms with Crippen molar-refractivity contribution in [1.82, 2.24) is 15.0 Å². The molecule has 1 saturated heterocycles. The van der Waals surface area contributed by atoms with Crippen molar-refractivity contribution < 1.29 is 4.90 Å². The van der Waals surface area contributed by atoms with Crippen molar-refractivity contribution in [1.29, 1.82) is 0 Å². The van der Waals surface area contributed by atoms with Crippen LogP contribution in [0.3, 0.4) is 0 Å². The van der Waals surface area contributed by atoms with Gasteiger partial charge in [0.1, 0.15) is 17.2 Å². The van der Waals surface area contributed by atoms with Crippen LogP contribution in [0, 0.1) is 0 Å². The number of aryl methyl sites for hydroxylation is 1. The Morgan fingerprint density at radius 2 is 1.50 bits per heavy atom. The fourth-order valence-corrected chi connectivity index (χ4v) is 7.85. The Kier molecular flexibility index (Phi) is 6.09. The third-order valence-corrected chi connectivity index (χ3v) is 9.48. The molecular weight excluding hydrogens is 486 g/mol. The zero-order valence-corrected chi connectivity index (χ0v) is 23.0. The molecule has 7 rings (SSSR count). The normalized spacial score (nSPS) is 16.3. The highest BCUT2D eigenvalue weighted by Gasteiger charge is 2.32. The second kappa shape index (κ2) is 9.75. The second-order valence-electron chi connectivity index (χ2n) is 11.0. The van der Waals surface area contributed by atoms with Crippen molar-refractivity contribution in [3.05, 3.63) is 94.9 Å². The van der Waals surface area contributed by atoms with Gasteiger partial charge in [0, 0.05) is 22.2 Å². The van der Waals surface area contributed by atoms with Crippen molar-refractivity contribution in [2.75, 3.05) is 31.1 Å². The number of nitrogens with one attached hydrogen (secondary N) is 1. The number of rotatable bonds is 5. The van der Waals surface area contributed by atoms with E-state index >= 15 is 0 Å². The van der Waals surface area contributed by atoms with Gasteiger partial charge in [0.15, 0.2) is 5.82 Å². The highest BCUT2D eigenvalue weighted by atomic mass is 32.1. The van der Waals surface area contributed by atoms with Crippen LogP contribution < -0.4 is 9.80 Å². The molecule has 1 aliphatic heterocycles. The molecule has 192 valence electrons. The third-order valence-electron chi connectivity index (χ3n) is 8.41. The molecule has 1 aliphatic carbocycles. The molecule has 2 aromatic carbocycles. The van der Waals surface area contributed by atoms with Crippen molar-refractivity contribution in [2.24, 2.45) is 0 Å². The molecule has 0 atom stereocenters. The fourth-order valence-electron chi connectivity index (χ4n) is 6.67. The van der Waals surface area contributed by atoms with Crippen molar-refractivity contribution >= 4 is 37.6 Å². The van der Waals surface area contributed by atoms with E-state index in [0.29, 0.717) is 12.0 Å². The summed E-state index contributed by atoms with van der Waals surface area (Å²) in [6.07, 6.45) is 5.29. The van der Waals surface area contributed by atoms with Crippen LogP contribution in [0.25, 0.3) is 20.4 Å². The topological polar surface area (TPSA) is 46.4 Å². The number of quaternary nitrogens is 1. The maximum Gasteiger partial charge on any atom is 0.150 e. The van der Waals surface area contributed by atoms with Gasteiger partial charge in [-0.15, -0.1) is 11.3 Å². The summed E-state index contributed by atoms with van der Waals surface area (Å²) in [5.74, 6) is 1.53. The van der Waals surface area contributed by atoms with Crippen LogP contribution in [-0.2, 0) is 12.8 Å². The lowest BCUT2D eigenvalue weighted by Gasteiger charge is -2.37. The molecule has 5 aromatic rings. The SMILES string of the molecule is CC(C)c1nc2sc3c(N4CC[NH+](C(c5ccccc5)c5ccccc5)CC4)ncnc3c2c2c1CCC2. The maximum atomic E-state index is 5.20. The van der Waals surface area contributed by atoms with E-state index in [1.165, 1.54) is 44.5 Å². The van der Waals surface area contributed by atoms with Gasteiger partial charge < -0.3 is 9.80 Å². The van der Waals surface area contributed by atoms with Gasteiger partial charge in [0.25, 0.3) is 0 Å². The molecule has 5 nitrogen and oxygen atoms in total. The Labute approximate surface area is 228 Å². The third kappa shape index (κ3) is 3.98. The fraction of sp³-hybridized carbons (Fsp3) is 0.344. The van der Waals surface area contributed by atoms with Gasteiger partial charge in [-0.1, -0.05) is 74.5 Å². The molecule has 38 heavy (non-hydrogen) atoms. The number of thiophene rings is 1. The zero-order valence-electron chi connectivity index (χ0n) is 22.2. The summed E-state index contributed by atoms with van der Waals surface area (Å²) in [6.45, 7) is 8.63. The second-order valence-corrected chi connectivity index (χ2v) is 12.0. The summed E-state index contributed by atoms with van der Waals surface area (Å²) in [7, 11) is 0. The van der Waals surface area contributed by atoms with Gasteiger partial charge >= 0.3 is 0 Å². The predicted molar refractivity (Wildman–Crippen MR) is 156 cm³/mol. The summed E-state index contributed by atoms with van der Waals surface area (Å²) >= 11 is 1.80. The number of hydrogen-bond donors (Lipinski definition) is 1. The summed E-state index contributed by atoms with van der Waals surface area (Å²) < 4.78 is 1.20. The Balaban J connectivity index is 1.22. The van der Waals surface area contributed by atoms with Crippen LogP contribution in [0.15, 0.2) is 67.0 Å². The van der Waals surface area contributed by atoms with Gasteiger partial charge in [-0.25, -0.2) is 15.0 Å². The van der Waals surface area contributed by atoms with E-state index in [0.717, 1.165) is 55.2 Å². The van der Waals surface area contributed by atoms with Crippen molar-refractivity contribution in [2.45, 2.75) is 45.1 Å². The Bertz CT molecular complexity index is 1550. The van der Waals surface area contributed by atoms with Gasteiger partial charge in [-0.05, 0) is 36.3 Å². The molecule has 0 bridgehead atoms. The minimum absolute atomic E-state index is 0.343. The number of nitrogens with zero attached hydrogens (tertiary/aromatic N) is 4. The van der Waals surface area contributed by atoms with Gasteiger partial charge in [0.2, 0.25) is 0 Å². The van der Waals surface area contributed by atoms with Crippen LogP contribution in [0.1, 0.15) is 60.2 Å². The minimum Gasteiger partial charge on any atom is -0.344 e. The van der Waals surface area contributed by atoms with Crippen molar-refractivity contribution in [3.63, 3.8) is 0 Å². The number of fused-ring (bicyclic) bond motifs is 5. The van der Waals surface area contributed by atoms with E-state index in [2.05, 4.69) is 79.4 Å². The van der Waals surface area contributed by atoms with E-state index in [1.807, 2.05) is 0 Å². The van der Waals surface area contributed by atoms with Crippen LogP contribution in [0.5, 0.6) is 0 Å². The summed E-state index contributed by atoms with van der Waals surface area (Å²) in [4.78, 5) is 20.1. The zero-order chi connectivity index (χ0) is 25.6. The van der Waals surface area contributed by atoms with Gasteiger partial charge in [0.05, 0.1) is 36.4 Å². The van der Waals surface area contributed by atoms with Gasteiger partial charge in [-0.2, -0.15) is 0 Å². The van der Waals surface area contributed by atoms with Gasteiger partial charge in [-0.3, -0.25) is 0 Å². The standard InChI is InChI=1S/C32H33N5S/c1-21(2)27-25-15-9-14-24(25)26-28-30(38-32(26)35-27)31(34-20-33-28)37-18-16-36(17-19-37)29(22-10-5-3-6-11-22)23-12-7-4-8-13-23/h3-8,10-13,20-21,29H,9,14-19H2,1-2H3/p+1. The number of benzene rings is 2. The summed E-state index contributed by atoms with van der Waals surface area (Å²) in [5.41, 5.74) is 8.15. The summed E-state index contributed by atoms with van der Waals surface area (Å²) in [6, 6.07) is 22.3. The lowest BCUT2D eigenvalue weighted by atomic mass is 9.96. The maximum absolute atomic E-state index is 5.20. The quantitative estimate of drug-likeness (QED) is 0.340. The predicted octanol–water partition coefficient (Wildman–Crippen LogP) is 5.35. The molecule has 4 heterocycles. The average Bonchev–Trinajstić information content (AvgIpc) is 3.59. The molecule has 0 saturated carbocycles. The van der Waals surface area contributed by atoms with E-state index in [4.69, 9.17) is 15.0 Å². The van der Waals surface area contributed by atoms with Crippen LogP contribution in [-0.4, -0.2) is 41.1 Å². The molecule has 0 radical (unpaired) electrons. The molecule has 1 fully saturated rings. The van der Waals surface area contributed by atoms with Crippen LogP contribution in [0.4, 0.5) is 5.82 Å². The number of anilines is 1. The molecule has 1 N–H and O–H groups in total. The number of hydrogen-bond acceptors (Lipinski definition) is 5. The van der Waals surface area contributed by atoms with E-state index in [1.54, 1.807) is 22.6 Å². The molecule has 0 amide bonds. The molecule has 3 aromatic heterocycles. The Morgan fingerprint density at radius 1 is 0.842 bits per heavy atom. The Morgan fingerprint density at radius 3 is 2.16 bits per heavy atom. The number of pyridine rings is 1. The highest BCUT2D eigenvalue weighted by Crippen LogP contribution is 2.43.